The van der Waals surface area contributed by atoms with Gasteiger partial charge >= 0.3 is 6.03 Å². The molecule has 1 aromatic carbocycles. The lowest BCUT2D eigenvalue weighted by atomic mass is 10.1. The van der Waals surface area contributed by atoms with Crippen molar-refractivity contribution < 1.29 is 4.79 Å². The number of rotatable bonds is 8. The molecular weight excluding hydrogens is 264 g/mol. The third kappa shape index (κ3) is 6.79. The van der Waals surface area contributed by atoms with Crippen molar-refractivity contribution >= 4 is 18.1 Å². The minimum absolute atomic E-state index is 0.288. The summed E-state index contributed by atoms with van der Waals surface area (Å²) in [6.07, 6.45) is 6.16. The molecule has 0 saturated carbocycles. The topological polar surface area (TPSA) is 65.5 Å². The summed E-state index contributed by atoms with van der Waals surface area (Å²) in [5.74, 6) is 0. The van der Waals surface area contributed by atoms with Crippen LogP contribution in [0.15, 0.2) is 23.3 Å². The number of anilines is 1. The molecule has 116 valence electrons. The van der Waals surface area contributed by atoms with Crippen LogP contribution in [0.3, 0.4) is 0 Å². The molecule has 0 aliphatic rings. The maximum absolute atomic E-state index is 11.7. The minimum Gasteiger partial charge on any atom is -0.309 e. The van der Waals surface area contributed by atoms with E-state index in [0.717, 1.165) is 29.8 Å². The highest BCUT2D eigenvalue weighted by Crippen LogP contribution is 2.18. The smallest absolute Gasteiger partial charge is 0.309 e. The van der Waals surface area contributed by atoms with Crippen molar-refractivity contribution in [3.63, 3.8) is 0 Å². The first kappa shape index (κ1) is 17.0. The number of amides is 2. The monoisotopic (exact) mass is 290 g/mol. The predicted molar refractivity (Wildman–Crippen MR) is 88.7 cm³/mol. The highest BCUT2D eigenvalue weighted by Gasteiger charge is 2.05. The first-order valence-electron chi connectivity index (χ1n) is 7.53. The molecule has 0 bridgehead atoms. The summed E-state index contributed by atoms with van der Waals surface area (Å²) < 4.78 is 0. The van der Waals surface area contributed by atoms with E-state index in [4.69, 9.17) is 0 Å². The first-order chi connectivity index (χ1) is 10.1. The summed E-state index contributed by atoms with van der Waals surface area (Å²) in [6.45, 7) is 6.95. The Morgan fingerprint density at radius 1 is 1.19 bits per heavy atom. The Kier molecular flexibility index (Phi) is 7.94. The highest BCUT2D eigenvalue weighted by atomic mass is 16.2. The quantitative estimate of drug-likeness (QED) is 0.297. The number of benzene rings is 1. The highest BCUT2D eigenvalue weighted by molar-refractivity contribution is 5.97. The number of nitrogens with zero attached hydrogens (tertiary/aromatic N) is 1. The van der Waals surface area contributed by atoms with E-state index in [2.05, 4.69) is 28.1 Å². The maximum atomic E-state index is 11.7. The Bertz CT molecular complexity index is 451. The van der Waals surface area contributed by atoms with Crippen molar-refractivity contribution in [3.05, 3.63) is 29.3 Å². The van der Waals surface area contributed by atoms with Crippen LogP contribution in [0.1, 0.15) is 43.7 Å². The number of para-hydroxylation sites is 1. The number of carbonyl (C=O) groups excluding carboxylic acids is 1. The molecule has 5 nitrogen and oxygen atoms in total. The summed E-state index contributed by atoms with van der Waals surface area (Å²) in [7, 11) is 0. The number of carbonyl (C=O) groups is 1. The fourth-order valence-electron chi connectivity index (χ4n) is 1.99. The van der Waals surface area contributed by atoms with Crippen molar-refractivity contribution in [1.82, 2.24) is 10.7 Å². The first-order valence-corrected chi connectivity index (χ1v) is 7.53. The summed E-state index contributed by atoms with van der Waals surface area (Å²) in [4.78, 5) is 11.7. The van der Waals surface area contributed by atoms with E-state index in [0.29, 0.717) is 0 Å². The second kappa shape index (κ2) is 9.80. The van der Waals surface area contributed by atoms with Crippen LogP contribution >= 0.6 is 0 Å². The standard InChI is InChI=1S/C16H26N4O/c1-4-5-6-7-11-18-19-12-17-16(21)20-15-13(2)9-8-10-14(15)3/h8-10,12,18H,4-7,11H2,1-3H3,(H2,17,19,20,21). The molecule has 0 radical (unpaired) electrons. The number of hydrogen-bond donors (Lipinski definition) is 3. The Morgan fingerprint density at radius 3 is 2.57 bits per heavy atom. The summed E-state index contributed by atoms with van der Waals surface area (Å²) in [6, 6.07) is 5.62. The van der Waals surface area contributed by atoms with Gasteiger partial charge in [0.05, 0.1) is 0 Å². The van der Waals surface area contributed by atoms with Crippen molar-refractivity contribution in [1.29, 1.82) is 0 Å². The van der Waals surface area contributed by atoms with Crippen molar-refractivity contribution in [3.8, 4) is 0 Å². The normalized spacial score (nSPS) is 10.6. The molecule has 1 aromatic rings. The Balaban J connectivity index is 2.25. The van der Waals surface area contributed by atoms with Gasteiger partial charge in [0.2, 0.25) is 0 Å². The Labute approximate surface area is 127 Å². The minimum atomic E-state index is -0.288. The summed E-state index contributed by atoms with van der Waals surface area (Å²) in [5, 5.41) is 9.36. The number of hydrazone groups is 1. The van der Waals surface area contributed by atoms with Gasteiger partial charge in [-0.15, -0.1) is 0 Å². The lowest BCUT2D eigenvalue weighted by molar-refractivity contribution is 0.256. The van der Waals surface area contributed by atoms with E-state index in [1.807, 2.05) is 32.0 Å². The Morgan fingerprint density at radius 2 is 1.90 bits per heavy atom. The largest absolute Gasteiger partial charge is 0.324 e. The third-order valence-electron chi connectivity index (χ3n) is 3.21. The molecule has 2 amide bonds. The molecule has 0 saturated heterocycles. The molecule has 5 heteroatoms. The van der Waals surface area contributed by atoms with Gasteiger partial charge in [0.15, 0.2) is 0 Å². The van der Waals surface area contributed by atoms with Gasteiger partial charge in [-0.25, -0.2) is 4.79 Å². The van der Waals surface area contributed by atoms with Gasteiger partial charge in [-0.3, -0.25) is 5.32 Å². The number of urea groups is 1. The molecule has 21 heavy (non-hydrogen) atoms. The maximum Gasteiger partial charge on any atom is 0.324 e. The molecule has 0 unspecified atom stereocenters. The van der Waals surface area contributed by atoms with Crippen LogP contribution in [-0.4, -0.2) is 18.9 Å². The van der Waals surface area contributed by atoms with Crippen LogP contribution in [0.5, 0.6) is 0 Å². The van der Waals surface area contributed by atoms with Gasteiger partial charge in [0.1, 0.15) is 6.34 Å². The fourth-order valence-corrected chi connectivity index (χ4v) is 1.99. The van der Waals surface area contributed by atoms with Crippen LogP contribution in [0, 0.1) is 13.8 Å². The molecule has 0 aromatic heterocycles. The molecule has 3 N–H and O–H groups in total. The SMILES string of the molecule is CCCCCCNN=CNC(=O)Nc1c(C)cccc1C. The summed E-state index contributed by atoms with van der Waals surface area (Å²) >= 11 is 0. The average molecular weight is 290 g/mol. The average Bonchev–Trinajstić information content (AvgIpc) is 2.46. The zero-order valence-corrected chi connectivity index (χ0v) is 13.2. The zero-order chi connectivity index (χ0) is 15.5. The molecule has 0 heterocycles. The molecule has 0 aliphatic heterocycles. The number of aryl methyl sites for hydroxylation is 2. The number of hydrogen-bond acceptors (Lipinski definition) is 3. The van der Waals surface area contributed by atoms with Crippen LogP contribution in [0.2, 0.25) is 0 Å². The number of unbranched alkanes of at least 4 members (excludes halogenated alkanes) is 3. The van der Waals surface area contributed by atoms with E-state index in [1.54, 1.807) is 0 Å². The third-order valence-corrected chi connectivity index (χ3v) is 3.21. The van der Waals surface area contributed by atoms with Gasteiger partial charge < -0.3 is 10.7 Å². The fraction of sp³-hybridized carbons (Fsp3) is 0.500. The molecule has 0 spiro atoms. The van der Waals surface area contributed by atoms with Gasteiger partial charge in [0.25, 0.3) is 0 Å². The van der Waals surface area contributed by atoms with Gasteiger partial charge in [-0.1, -0.05) is 44.4 Å². The van der Waals surface area contributed by atoms with E-state index >= 15 is 0 Å². The van der Waals surface area contributed by atoms with Crippen molar-refractivity contribution in [2.45, 2.75) is 46.5 Å². The number of nitrogens with one attached hydrogen (secondary N) is 3. The van der Waals surface area contributed by atoms with E-state index in [9.17, 15) is 4.79 Å². The van der Waals surface area contributed by atoms with Gasteiger partial charge in [0, 0.05) is 12.2 Å². The van der Waals surface area contributed by atoms with E-state index in [1.165, 1.54) is 25.6 Å². The molecular formula is C16H26N4O. The molecule has 0 aliphatic carbocycles. The lowest BCUT2D eigenvalue weighted by Gasteiger charge is -2.10. The second-order valence-corrected chi connectivity index (χ2v) is 5.09. The van der Waals surface area contributed by atoms with E-state index < -0.39 is 0 Å². The van der Waals surface area contributed by atoms with Gasteiger partial charge in [-0.2, -0.15) is 5.10 Å². The summed E-state index contributed by atoms with van der Waals surface area (Å²) in [5.41, 5.74) is 5.83. The van der Waals surface area contributed by atoms with Crippen molar-refractivity contribution in [2.24, 2.45) is 5.10 Å². The predicted octanol–water partition coefficient (Wildman–Crippen LogP) is 3.54. The van der Waals surface area contributed by atoms with Crippen molar-refractivity contribution in [2.75, 3.05) is 11.9 Å². The van der Waals surface area contributed by atoms with Crippen LogP contribution in [0.4, 0.5) is 10.5 Å². The molecule has 1 rings (SSSR count). The van der Waals surface area contributed by atoms with Crippen LogP contribution in [-0.2, 0) is 0 Å². The van der Waals surface area contributed by atoms with Crippen LogP contribution in [0.25, 0.3) is 0 Å². The lowest BCUT2D eigenvalue weighted by Crippen LogP contribution is -2.29. The molecule has 0 atom stereocenters. The Hall–Kier alpha value is -2.04. The zero-order valence-electron chi connectivity index (χ0n) is 13.2. The van der Waals surface area contributed by atoms with Gasteiger partial charge in [-0.05, 0) is 31.4 Å². The second-order valence-electron chi connectivity index (χ2n) is 5.09. The molecule has 0 fully saturated rings. The van der Waals surface area contributed by atoms with E-state index in [-0.39, 0.29) is 6.03 Å². The van der Waals surface area contributed by atoms with Crippen LogP contribution < -0.4 is 16.1 Å².